The van der Waals surface area contributed by atoms with Crippen LogP contribution in [0, 0.1) is 5.41 Å². The van der Waals surface area contributed by atoms with Gasteiger partial charge in [-0.3, -0.25) is 9.59 Å². The van der Waals surface area contributed by atoms with E-state index in [2.05, 4.69) is 5.32 Å². The zero-order valence-corrected chi connectivity index (χ0v) is 11.2. The van der Waals surface area contributed by atoms with Crippen molar-refractivity contribution in [3.05, 3.63) is 21.3 Å². The molecule has 0 fully saturated rings. The molecule has 0 saturated heterocycles. The average Bonchev–Trinajstić information content (AvgIpc) is 2.72. The van der Waals surface area contributed by atoms with Crippen LogP contribution in [0.1, 0.15) is 29.9 Å². The summed E-state index contributed by atoms with van der Waals surface area (Å²) in [6.45, 7) is 3.49. The van der Waals surface area contributed by atoms with Crippen LogP contribution in [0.4, 0.5) is 0 Å². The van der Waals surface area contributed by atoms with Crippen molar-refractivity contribution in [2.75, 3.05) is 6.54 Å². The Hall–Kier alpha value is -1.07. The Morgan fingerprint density at radius 2 is 2.18 bits per heavy atom. The van der Waals surface area contributed by atoms with Crippen LogP contribution < -0.4 is 5.32 Å². The molecule has 0 aromatic carbocycles. The number of aliphatic carboxylic acids is 1. The van der Waals surface area contributed by atoms with E-state index in [-0.39, 0.29) is 12.5 Å². The highest BCUT2D eigenvalue weighted by Gasteiger charge is 2.31. The predicted octanol–water partition coefficient (Wildman–Crippen LogP) is 2.63. The number of thiophene rings is 1. The second-order valence-corrected chi connectivity index (χ2v) is 5.72. The van der Waals surface area contributed by atoms with Crippen molar-refractivity contribution in [2.45, 2.75) is 20.3 Å². The van der Waals surface area contributed by atoms with Crippen molar-refractivity contribution in [3.63, 3.8) is 0 Å². The zero-order chi connectivity index (χ0) is 13.1. The van der Waals surface area contributed by atoms with Gasteiger partial charge >= 0.3 is 5.97 Å². The second kappa shape index (κ2) is 5.51. The summed E-state index contributed by atoms with van der Waals surface area (Å²) in [4.78, 5) is 23.2. The molecule has 0 bridgehead atoms. The normalized spacial score (nSPS) is 14.1. The van der Waals surface area contributed by atoms with Crippen LogP contribution in [-0.4, -0.2) is 23.5 Å². The molecule has 1 atom stereocenters. The number of carboxylic acids is 1. The van der Waals surface area contributed by atoms with E-state index in [1.807, 2.05) is 0 Å². The van der Waals surface area contributed by atoms with Crippen molar-refractivity contribution >= 4 is 34.8 Å². The molecule has 1 amide bonds. The molecule has 1 aromatic rings. The maximum absolute atomic E-state index is 11.7. The van der Waals surface area contributed by atoms with Crippen LogP contribution in [0.3, 0.4) is 0 Å². The highest BCUT2D eigenvalue weighted by atomic mass is 35.5. The molecule has 0 radical (unpaired) electrons. The number of rotatable bonds is 5. The fourth-order valence-electron chi connectivity index (χ4n) is 1.15. The lowest BCUT2D eigenvalue weighted by atomic mass is 9.88. The van der Waals surface area contributed by atoms with Gasteiger partial charge in [-0.25, -0.2) is 0 Å². The quantitative estimate of drug-likeness (QED) is 0.868. The van der Waals surface area contributed by atoms with Gasteiger partial charge in [-0.15, -0.1) is 11.3 Å². The summed E-state index contributed by atoms with van der Waals surface area (Å²) < 4.78 is 0.534. The van der Waals surface area contributed by atoms with E-state index in [1.165, 1.54) is 11.3 Å². The van der Waals surface area contributed by atoms with Gasteiger partial charge in [0.05, 0.1) is 14.6 Å². The van der Waals surface area contributed by atoms with Crippen molar-refractivity contribution in [2.24, 2.45) is 5.41 Å². The Morgan fingerprint density at radius 3 is 2.59 bits per heavy atom. The van der Waals surface area contributed by atoms with E-state index in [0.717, 1.165) is 0 Å². The van der Waals surface area contributed by atoms with Crippen LogP contribution in [0.5, 0.6) is 0 Å². The van der Waals surface area contributed by atoms with E-state index in [4.69, 9.17) is 16.7 Å². The average molecular weight is 276 g/mol. The molecule has 0 spiro atoms. The first-order valence-electron chi connectivity index (χ1n) is 5.16. The Kier molecular flexibility index (Phi) is 4.54. The minimum absolute atomic E-state index is 0.104. The molecule has 17 heavy (non-hydrogen) atoms. The number of amides is 1. The van der Waals surface area contributed by atoms with Crippen LogP contribution in [-0.2, 0) is 4.79 Å². The third kappa shape index (κ3) is 3.44. The summed E-state index contributed by atoms with van der Waals surface area (Å²) in [7, 11) is 0. The summed E-state index contributed by atoms with van der Waals surface area (Å²) in [5.74, 6) is -1.20. The Balaban J connectivity index is 2.62. The Morgan fingerprint density at radius 1 is 1.53 bits per heavy atom. The second-order valence-electron chi connectivity index (χ2n) is 4.01. The highest BCUT2D eigenvalue weighted by molar-refractivity contribution is 7.17. The molecule has 0 aliphatic heterocycles. The lowest BCUT2D eigenvalue weighted by Crippen LogP contribution is -2.40. The predicted molar refractivity (Wildman–Crippen MR) is 67.7 cm³/mol. The number of carbonyl (C=O) groups excluding carboxylic acids is 1. The molecule has 4 nitrogen and oxygen atoms in total. The van der Waals surface area contributed by atoms with Crippen LogP contribution in [0.25, 0.3) is 0 Å². The van der Waals surface area contributed by atoms with Gasteiger partial charge in [0, 0.05) is 6.54 Å². The molecule has 94 valence electrons. The van der Waals surface area contributed by atoms with Gasteiger partial charge in [0.25, 0.3) is 5.91 Å². The lowest BCUT2D eigenvalue weighted by molar-refractivity contribution is -0.147. The van der Waals surface area contributed by atoms with Gasteiger partial charge in [0.2, 0.25) is 0 Å². The van der Waals surface area contributed by atoms with Crippen molar-refractivity contribution in [1.29, 1.82) is 0 Å². The summed E-state index contributed by atoms with van der Waals surface area (Å²) in [6, 6.07) is 3.25. The first-order chi connectivity index (χ1) is 7.89. The molecule has 2 N–H and O–H groups in total. The van der Waals surface area contributed by atoms with E-state index >= 15 is 0 Å². The van der Waals surface area contributed by atoms with Crippen molar-refractivity contribution < 1.29 is 14.7 Å². The fourth-order valence-corrected chi connectivity index (χ4v) is 2.11. The summed E-state index contributed by atoms with van der Waals surface area (Å²) >= 11 is 6.89. The van der Waals surface area contributed by atoms with Crippen molar-refractivity contribution in [3.8, 4) is 0 Å². The minimum atomic E-state index is -0.934. The fraction of sp³-hybridized carbons (Fsp3) is 0.455. The van der Waals surface area contributed by atoms with Crippen LogP contribution >= 0.6 is 22.9 Å². The molecular formula is C11H14ClNO3S. The molecule has 6 heteroatoms. The molecule has 1 rings (SSSR count). The zero-order valence-electron chi connectivity index (χ0n) is 9.62. The van der Waals surface area contributed by atoms with E-state index in [1.54, 1.807) is 26.0 Å². The third-order valence-electron chi connectivity index (χ3n) is 2.73. The van der Waals surface area contributed by atoms with E-state index in [9.17, 15) is 9.59 Å². The topological polar surface area (TPSA) is 66.4 Å². The molecule has 0 aliphatic rings. The largest absolute Gasteiger partial charge is 0.481 e. The smallest absolute Gasteiger partial charge is 0.311 e. The number of nitrogens with one attached hydrogen (secondary N) is 1. The van der Waals surface area contributed by atoms with Crippen LogP contribution in [0.15, 0.2) is 12.1 Å². The third-order valence-corrected chi connectivity index (χ3v) is 3.96. The lowest BCUT2D eigenvalue weighted by Gasteiger charge is -2.22. The molecule has 1 heterocycles. The first-order valence-corrected chi connectivity index (χ1v) is 6.35. The van der Waals surface area contributed by atoms with Gasteiger partial charge in [-0.05, 0) is 25.5 Å². The monoisotopic (exact) mass is 275 g/mol. The highest BCUT2D eigenvalue weighted by Crippen LogP contribution is 2.23. The summed E-state index contributed by atoms with van der Waals surface area (Å²) in [6.07, 6.45) is 0.452. The number of halogens is 1. The maximum Gasteiger partial charge on any atom is 0.311 e. The van der Waals surface area contributed by atoms with Gasteiger partial charge < -0.3 is 10.4 Å². The Labute approximate surface area is 109 Å². The summed E-state index contributed by atoms with van der Waals surface area (Å²) in [5, 5.41) is 11.7. The molecular weight excluding hydrogens is 262 g/mol. The van der Waals surface area contributed by atoms with Gasteiger partial charge in [-0.1, -0.05) is 18.5 Å². The number of carbonyl (C=O) groups is 2. The molecule has 0 aliphatic carbocycles. The van der Waals surface area contributed by atoms with Crippen molar-refractivity contribution in [1.82, 2.24) is 5.32 Å². The molecule has 0 saturated carbocycles. The first kappa shape index (κ1) is 14.0. The van der Waals surface area contributed by atoms with E-state index in [0.29, 0.717) is 15.6 Å². The Bertz CT molecular complexity index is 432. The summed E-state index contributed by atoms with van der Waals surface area (Å²) in [5.41, 5.74) is -0.934. The standard InChI is InChI=1S/C11H14ClNO3S/c1-3-11(2,10(15)16)6-13-9(14)7-4-5-8(12)17-7/h4-5H,3,6H2,1-2H3,(H,13,14)(H,15,16). The molecule has 1 aromatic heterocycles. The van der Waals surface area contributed by atoms with Crippen LogP contribution in [0.2, 0.25) is 4.34 Å². The van der Waals surface area contributed by atoms with Gasteiger partial charge in [0.15, 0.2) is 0 Å². The van der Waals surface area contributed by atoms with Gasteiger partial charge in [-0.2, -0.15) is 0 Å². The molecule has 1 unspecified atom stereocenters. The van der Waals surface area contributed by atoms with E-state index < -0.39 is 11.4 Å². The number of hydrogen-bond donors (Lipinski definition) is 2. The number of hydrogen-bond acceptors (Lipinski definition) is 3. The SMILES string of the molecule is CCC(C)(CNC(=O)c1ccc(Cl)s1)C(=O)O. The maximum atomic E-state index is 11.7. The van der Waals surface area contributed by atoms with Gasteiger partial charge in [0.1, 0.15) is 0 Å². The minimum Gasteiger partial charge on any atom is -0.481 e. The number of carboxylic acid groups (broad SMARTS) is 1.